The van der Waals surface area contributed by atoms with Gasteiger partial charge in [-0.1, -0.05) is 24.3 Å². The van der Waals surface area contributed by atoms with Gasteiger partial charge in [-0.2, -0.15) is 0 Å². The summed E-state index contributed by atoms with van der Waals surface area (Å²) >= 11 is 0. The number of aryl methyl sites for hydroxylation is 2. The zero-order chi connectivity index (χ0) is 17.3. The van der Waals surface area contributed by atoms with Crippen LogP contribution in [0.15, 0.2) is 42.5 Å². The molecule has 3 rings (SSSR count). The molecule has 1 atom stereocenters. The predicted molar refractivity (Wildman–Crippen MR) is 93.6 cm³/mol. The lowest BCUT2D eigenvalue weighted by Crippen LogP contribution is -2.49. The Bertz CT molecular complexity index is 759. The quantitative estimate of drug-likeness (QED) is 0.842. The fraction of sp³-hybridized carbons (Fsp3) is 0.350. The molecule has 1 unspecified atom stereocenters. The van der Waals surface area contributed by atoms with Crippen molar-refractivity contribution < 1.29 is 9.18 Å². The van der Waals surface area contributed by atoms with Crippen molar-refractivity contribution in [2.24, 2.45) is 0 Å². The van der Waals surface area contributed by atoms with E-state index in [4.69, 9.17) is 0 Å². The molecule has 126 valence electrons. The summed E-state index contributed by atoms with van der Waals surface area (Å²) < 4.78 is 14.2. The monoisotopic (exact) mass is 326 g/mol. The van der Waals surface area contributed by atoms with E-state index >= 15 is 0 Å². The normalized spacial score (nSPS) is 18.7. The summed E-state index contributed by atoms with van der Waals surface area (Å²) in [5.41, 5.74) is 3.64. The van der Waals surface area contributed by atoms with Gasteiger partial charge in [-0.25, -0.2) is 4.39 Å². The number of benzene rings is 2. The van der Waals surface area contributed by atoms with Gasteiger partial charge in [0.05, 0.1) is 6.04 Å². The average molecular weight is 326 g/mol. The maximum atomic E-state index is 14.2. The summed E-state index contributed by atoms with van der Waals surface area (Å²) in [7, 11) is 1.98. The standard InChI is InChI=1S/C20H23FN2O/c1-14-8-9-16(12-15(14)2)20(24)23-11-10-22(3)19(13-23)17-6-4-5-7-18(17)21/h4-9,12,19H,10-11,13H2,1-3H3. The molecule has 1 fully saturated rings. The number of carbonyl (C=O) groups is 1. The molecule has 0 radical (unpaired) electrons. The third kappa shape index (κ3) is 3.20. The molecule has 0 N–H and O–H groups in total. The molecule has 2 aromatic carbocycles. The minimum Gasteiger partial charge on any atom is -0.335 e. The van der Waals surface area contributed by atoms with Crippen LogP contribution in [0.3, 0.4) is 0 Å². The van der Waals surface area contributed by atoms with E-state index in [0.29, 0.717) is 24.2 Å². The molecular formula is C20H23FN2O. The van der Waals surface area contributed by atoms with Crippen LogP contribution in [0.5, 0.6) is 0 Å². The summed E-state index contributed by atoms with van der Waals surface area (Å²) in [6.07, 6.45) is 0. The summed E-state index contributed by atoms with van der Waals surface area (Å²) in [4.78, 5) is 16.8. The molecule has 1 aliphatic heterocycles. The fourth-order valence-corrected chi connectivity index (χ4v) is 3.20. The third-order valence-electron chi connectivity index (χ3n) is 4.95. The van der Waals surface area contributed by atoms with Crippen LogP contribution >= 0.6 is 0 Å². The molecule has 4 heteroatoms. The lowest BCUT2D eigenvalue weighted by atomic mass is 10.0. The molecule has 1 amide bonds. The van der Waals surface area contributed by atoms with Gasteiger partial charge in [0.15, 0.2) is 0 Å². The van der Waals surface area contributed by atoms with Crippen LogP contribution in [0.1, 0.15) is 33.1 Å². The molecule has 0 saturated carbocycles. The van der Waals surface area contributed by atoms with Gasteiger partial charge >= 0.3 is 0 Å². The average Bonchev–Trinajstić information content (AvgIpc) is 2.58. The summed E-state index contributed by atoms with van der Waals surface area (Å²) in [6, 6.07) is 12.5. The van der Waals surface area contributed by atoms with E-state index in [9.17, 15) is 9.18 Å². The molecule has 0 spiro atoms. The maximum Gasteiger partial charge on any atom is 0.253 e. The van der Waals surface area contributed by atoms with Gasteiger partial charge in [0.1, 0.15) is 5.82 Å². The molecule has 0 aromatic heterocycles. The van der Waals surface area contributed by atoms with Crippen molar-refractivity contribution >= 4 is 5.91 Å². The number of hydrogen-bond acceptors (Lipinski definition) is 2. The van der Waals surface area contributed by atoms with E-state index in [0.717, 1.165) is 12.1 Å². The van der Waals surface area contributed by atoms with Gasteiger partial charge in [-0.15, -0.1) is 0 Å². The molecule has 2 aromatic rings. The minimum atomic E-state index is -0.213. The van der Waals surface area contributed by atoms with Crippen LogP contribution in [-0.4, -0.2) is 42.4 Å². The van der Waals surface area contributed by atoms with E-state index in [-0.39, 0.29) is 17.8 Å². The van der Waals surface area contributed by atoms with Crippen molar-refractivity contribution in [1.29, 1.82) is 0 Å². The Balaban J connectivity index is 1.83. The van der Waals surface area contributed by atoms with Gasteiger partial charge in [-0.05, 0) is 50.2 Å². The molecule has 1 saturated heterocycles. The number of piperazine rings is 1. The van der Waals surface area contributed by atoms with Gasteiger partial charge in [-0.3, -0.25) is 9.69 Å². The number of hydrogen-bond donors (Lipinski definition) is 0. The highest BCUT2D eigenvalue weighted by molar-refractivity contribution is 5.94. The summed E-state index contributed by atoms with van der Waals surface area (Å²) in [6.45, 7) is 5.94. The van der Waals surface area contributed by atoms with Crippen molar-refractivity contribution in [1.82, 2.24) is 9.80 Å². The fourth-order valence-electron chi connectivity index (χ4n) is 3.20. The zero-order valence-electron chi connectivity index (χ0n) is 14.4. The number of halogens is 1. The molecule has 1 heterocycles. The van der Waals surface area contributed by atoms with Crippen LogP contribution in [0.25, 0.3) is 0 Å². The number of rotatable bonds is 2. The summed E-state index contributed by atoms with van der Waals surface area (Å²) in [5.74, 6) is -0.192. The second-order valence-corrected chi connectivity index (χ2v) is 6.57. The number of amides is 1. The first-order chi connectivity index (χ1) is 11.5. The highest BCUT2D eigenvalue weighted by Crippen LogP contribution is 2.27. The second kappa shape index (κ2) is 6.73. The van der Waals surface area contributed by atoms with Crippen LogP contribution in [0, 0.1) is 19.7 Å². The maximum absolute atomic E-state index is 14.2. The minimum absolute atomic E-state index is 0.0209. The van der Waals surface area contributed by atoms with Crippen molar-refractivity contribution in [2.75, 3.05) is 26.7 Å². The molecular weight excluding hydrogens is 303 g/mol. The highest BCUT2D eigenvalue weighted by Gasteiger charge is 2.30. The van der Waals surface area contributed by atoms with Gasteiger partial charge in [0.25, 0.3) is 5.91 Å². The van der Waals surface area contributed by atoms with Crippen LogP contribution in [0.2, 0.25) is 0 Å². The van der Waals surface area contributed by atoms with E-state index in [2.05, 4.69) is 4.90 Å². The Morgan fingerprint density at radius 2 is 1.83 bits per heavy atom. The van der Waals surface area contributed by atoms with E-state index < -0.39 is 0 Å². The summed E-state index contributed by atoms with van der Waals surface area (Å²) in [5, 5.41) is 0. The van der Waals surface area contributed by atoms with Gasteiger partial charge < -0.3 is 4.90 Å². The van der Waals surface area contributed by atoms with E-state index in [1.54, 1.807) is 12.1 Å². The predicted octanol–water partition coefficient (Wildman–Crippen LogP) is 3.57. The Morgan fingerprint density at radius 3 is 2.54 bits per heavy atom. The SMILES string of the molecule is Cc1ccc(C(=O)N2CCN(C)C(c3ccccc3F)C2)cc1C. The first-order valence-corrected chi connectivity index (χ1v) is 8.28. The Morgan fingerprint density at radius 1 is 1.08 bits per heavy atom. The molecule has 24 heavy (non-hydrogen) atoms. The topological polar surface area (TPSA) is 23.6 Å². The first kappa shape index (κ1) is 16.7. The lowest BCUT2D eigenvalue weighted by Gasteiger charge is -2.39. The molecule has 0 bridgehead atoms. The first-order valence-electron chi connectivity index (χ1n) is 8.28. The number of likely N-dealkylation sites (N-methyl/N-ethyl adjacent to an activating group) is 1. The number of carbonyl (C=O) groups excluding carboxylic acids is 1. The zero-order valence-corrected chi connectivity index (χ0v) is 14.4. The smallest absolute Gasteiger partial charge is 0.253 e. The van der Waals surface area contributed by atoms with Crippen molar-refractivity contribution in [3.8, 4) is 0 Å². The molecule has 3 nitrogen and oxygen atoms in total. The Hall–Kier alpha value is -2.20. The van der Waals surface area contributed by atoms with Gasteiger partial charge in [0, 0.05) is 30.8 Å². The number of nitrogens with zero attached hydrogens (tertiary/aromatic N) is 2. The Labute approximate surface area is 142 Å². The Kier molecular flexibility index (Phi) is 4.67. The van der Waals surface area contributed by atoms with Crippen molar-refractivity contribution in [3.63, 3.8) is 0 Å². The molecule has 0 aliphatic carbocycles. The lowest BCUT2D eigenvalue weighted by molar-refractivity contribution is 0.0540. The van der Waals surface area contributed by atoms with Crippen LogP contribution in [0.4, 0.5) is 4.39 Å². The van der Waals surface area contributed by atoms with E-state index in [1.807, 2.05) is 50.1 Å². The largest absolute Gasteiger partial charge is 0.335 e. The van der Waals surface area contributed by atoms with Crippen LogP contribution in [-0.2, 0) is 0 Å². The second-order valence-electron chi connectivity index (χ2n) is 6.57. The van der Waals surface area contributed by atoms with E-state index in [1.165, 1.54) is 11.6 Å². The highest BCUT2D eigenvalue weighted by atomic mass is 19.1. The van der Waals surface area contributed by atoms with Crippen molar-refractivity contribution in [3.05, 3.63) is 70.5 Å². The van der Waals surface area contributed by atoms with Crippen molar-refractivity contribution in [2.45, 2.75) is 19.9 Å². The molecule has 1 aliphatic rings. The third-order valence-corrected chi connectivity index (χ3v) is 4.95. The van der Waals surface area contributed by atoms with Crippen LogP contribution < -0.4 is 0 Å². The van der Waals surface area contributed by atoms with Gasteiger partial charge in [0.2, 0.25) is 0 Å².